The number of benzene rings is 2. The summed E-state index contributed by atoms with van der Waals surface area (Å²) < 4.78 is 0. The van der Waals surface area contributed by atoms with Crippen LogP contribution in [0.15, 0.2) is 48.5 Å². The summed E-state index contributed by atoms with van der Waals surface area (Å²) in [5.41, 5.74) is 1.40. The quantitative estimate of drug-likeness (QED) is 0.659. The van der Waals surface area contributed by atoms with Gasteiger partial charge in [0.05, 0.1) is 10.8 Å². The van der Waals surface area contributed by atoms with Crippen molar-refractivity contribution in [3.63, 3.8) is 0 Å². The Morgan fingerprint density at radius 1 is 1.23 bits per heavy atom. The molecule has 0 aromatic heterocycles. The fraction of sp³-hybridized carbons (Fsp3) is 0.222. The largest absolute Gasteiger partial charge is 0.324 e. The molecule has 1 heterocycles. The molecule has 1 saturated heterocycles. The first kappa shape index (κ1) is 17.9. The Morgan fingerprint density at radius 2 is 2.00 bits per heavy atom. The third kappa shape index (κ3) is 3.70. The minimum atomic E-state index is -0.673. The molecule has 0 radical (unpaired) electrons. The van der Waals surface area contributed by atoms with Crippen molar-refractivity contribution in [2.45, 2.75) is 13.0 Å². The Bertz CT molecular complexity index is 871. The summed E-state index contributed by atoms with van der Waals surface area (Å²) in [6.45, 7) is 1.92. The molecule has 7 nitrogen and oxygen atoms in total. The van der Waals surface area contributed by atoms with Crippen LogP contribution in [-0.4, -0.2) is 39.3 Å². The molecular formula is C18H17N3O4S. The predicted molar refractivity (Wildman–Crippen MR) is 100 cm³/mol. The van der Waals surface area contributed by atoms with Crippen LogP contribution in [0.4, 0.5) is 11.4 Å². The highest BCUT2D eigenvalue weighted by atomic mass is 32.2. The highest BCUT2D eigenvalue weighted by Gasteiger charge is 2.37. The van der Waals surface area contributed by atoms with Gasteiger partial charge in [0, 0.05) is 17.5 Å². The molecule has 26 heavy (non-hydrogen) atoms. The van der Waals surface area contributed by atoms with Gasteiger partial charge < -0.3 is 10.2 Å². The maximum Gasteiger partial charge on any atom is 0.282 e. The lowest BCUT2D eigenvalue weighted by Gasteiger charge is -2.23. The second-order valence-corrected chi connectivity index (χ2v) is 6.92. The van der Waals surface area contributed by atoms with Gasteiger partial charge in [-0.25, -0.2) is 0 Å². The van der Waals surface area contributed by atoms with Crippen LogP contribution >= 0.6 is 11.8 Å². The first-order chi connectivity index (χ1) is 12.5. The highest BCUT2D eigenvalue weighted by Crippen LogP contribution is 2.27. The third-order valence-corrected chi connectivity index (χ3v) is 5.07. The molecular weight excluding hydrogens is 354 g/mol. The van der Waals surface area contributed by atoms with Gasteiger partial charge in [0.2, 0.25) is 5.91 Å². The molecule has 1 fully saturated rings. The zero-order chi connectivity index (χ0) is 18.7. The number of rotatable bonds is 4. The molecule has 0 saturated carbocycles. The first-order valence-electron chi connectivity index (χ1n) is 7.97. The average Bonchev–Trinajstić information content (AvgIpc) is 3.11. The molecule has 0 spiro atoms. The summed E-state index contributed by atoms with van der Waals surface area (Å²) in [5, 5.41) is 14.0. The Labute approximate surface area is 154 Å². The van der Waals surface area contributed by atoms with Gasteiger partial charge in [-0.3, -0.25) is 19.7 Å². The van der Waals surface area contributed by atoms with E-state index in [1.165, 1.54) is 34.9 Å². The monoisotopic (exact) mass is 371 g/mol. The number of hydrogen-bond acceptors (Lipinski definition) is 5. The number of nitro benzene ring substituents is 1. The van der Waals surface area contributed by atoms with Gasteiger partial charge in [0.25, 0.3) is 11.6 Å². The number of nitrogens with one attached hydrogen (secondary N) is 1. The second-order valence-electron chi connectivity index (χ2n) is 5.92. The maximum absolute atomic E-state index is 12.8. The van der Waals surface area contributed by atoms with Crippen molar-refractivity contribution in [3.05, 3.63) is 69.8 Å². The fourth-order valence-electron chi connectivity index (χ4n) is 2.78. The molecule has 1 aliphatic rings. The van der Waals surface area contributed by atoms with E-state index in [1.807, 2.05) is 25.1 Å². The van der Waals surface area contributed by atoms with Crippen LogP contribution in [0.25, 0.3) is 0 Å². The van der Waals surface area contributed by atoms with E-state index < -0.39 is 16.9 Å². The number of amides is 2. The number of thioether (sulfide) groups is 1. The molecule has 0 bridgehead atoms. The number of carbonyl (C=O) groups is 2. The summed E-state index contributed by atoms with van der Waals surface area (Å²) in [6.07, 6.45) is 0. The normalized spacial score (nSPS) is 16.3. The van der Waals surface area contributed by atoms with Gasteiger partial charge in [-0.15, -0.1) is 11.8 Å². The molecule has 134 valence electrons. The minimum Gasteiger partial charge on any atom is -0.324 e. The smallest absolute Gasteiger partial charge is 0.282 e. The van der Waals surface area contributed by atoms with E-state index in [0.717, 1.165) is 5.56 Å². The van der Waals surface area contributed by atoms with Crippen molar-refractivity contribution in [1.82, 2.24) is 4.90 Å². The molecule has 2 aromatic rings. The number of carbonyl (C=O) groups excluding carboxylic acids is 2. The lowest BCUT2D eigenvalue weighted by molar-refractivity contribution is -0.385. The van der Waals surface area contributed by atoms with Crippen molar-refractivity contribution < 1.29 is 14.5 Å². The zero-order valence-corrected chi connectivity index (χ0v) is 14.9. The van der Waals surface area contributed by atoms with Crippen LogP contribution in [0.3, 0.4) is 0 Å². The molecule has 2 amide bonds. The van der Waals surface area contributed by atoms with Gasteiger partial charge in [0.1, 0.15) is 11.6 Å². The standard InChI is InChI=1S/C18H17N3O4S/c1-12-5-4-6-13(9-12)19-17(22)16-10-26-11-20(16)18(23)14-7-2-3-8-15(14)21(24)25/h2-9,16H,10-11H2,1H3,(H,19,22). The van der Waals surface area contributed by atoms with Gasteiger partial charge in [-0.1, -0.05) is 24.3 Å². The van der Waals surface area contributed by atoms with Gasteiger partial charge >= 0.3 is 0 Å². The van der Waals surface area contributed by atoms with Gasteiger partial charge in [0.15, 0.2) is 0 Å². The van der Waals surface area contributed by atoms with Crippen molar-refractivity contribution in [3.8, 4) is 0 Å². The summed E-state index contributed by atoms with van der Waals surface area (Å²) >= 11 is 1.44. The number of anilines is 1. The van der Waals surface area contributed by atoms with E-state index in [0.29, 0.717) is 17.3 Å². The number of aryl methyl sites for hydroxylation is 1. The van der Waals surface area contributed by atoms with Crippen LogP contribution in [-0.2, 0) is 4.79 Å². The molecule has 1 N–H and O–H groups in total. The van der Waals surface area contributed by atoms with E-state index in [1.54, 1.807) is 12.1 Å². The fourth-order valence-corrected chi connectivity index (χ4v) is 3.93. The van der Waals surface area contributed by atoms with Crippen LogP contribution in [0.2, 0.25) is 0 Å². The van der Waals surface area contributed by atoms with Crippen molar-refractivity contribution in [2.24, 2.45) is 0 Å². The number of para-hydroxylation sites is 1. The molecule has 2 aromatic carbocycles. The average molecular weight is 371 g/mol. The summed E-state index contributed by atoms with van der Waals surface area (Å²) in [5.74, 6) is -0.0416. The second kappa shape index (κ2) is 7.57. The predicted octanol–water partition coefficient (Wildman–Crippen LogP) is 3.06. The summed E-state index contributed by atoms with van der Waals surface area (Å²) in [4.78, 5) is 37.4. The number of nitro groups is 1. The third-order valence-electron chi connectivity index (χ3n) is 4.06. The Balaban J connectivity index is 1.81. The highest BCUT2D eigenvalue weighted by molar-refractivity contribution is 7.99. The first-order valence-corrected chi connectivity index (χ1v) is 9.12. The Morgan fingerprint density at radius 3 is 2.73 bits per heavy atom. The van der Waals surface area contributed by atoms with Gasteiger partial charge in [-0.05, 0) is 30.7 Å². The molecule has 1 atom stereocenters. The van der Waals surface area contributed by atoms with E-state index in [2.05, 4.69) is 5.32 Å². The van der Waals surface area contributed by atoms with E-state index in [9.17, 15) is 19.7 Å². The van der Waals surface area contributed by atoms with Crippen LogP contribution in [0.5, 0.6) is 0 Å². The topological polar surface area (TPSA) is 92.6 Å². The summed E-state index contributed by atoms with van der Waals surface area (Å²) in [7, 11) is 0. The SMILES string of the molecule is Cc1cccc(NC(=O)C2CSCN2C(=O)c2ccccc2[N+](=O)[O-])c1. The van der Waals surface area contributed by atoms with Crippen LogP contribution < -0.4 is 5.32 Å². The van der Waals surface area contributed by atoms with Crippen molar-refractivity contribution in [1.29, 1.82) is 0 Å². The maximum atomic E-state index is 12.8. The number of hydrogen-bond donors (Lipinski definition) is 1. The minimum absolute atomic E-state index is 0.00615. The van der Waals surface area contributed by atoms with E-state index in [-0.39, 0.29) is 17.2 Å². The molecule has 1 unspecified atom stereocenters. The van der Waals surface area contributed by atoms with Crippen LogP contribution in [0.1, 0.15) is 15.9 Å². The lowest BCUT2D eigenvalue weighted by atomic mass is 10.1. The van der Waals surface area contributed by atoms with Crippen molar-refractivity contribution in [2.75, 3.05) is 16.9 Å². The molecule has 1 aliphatic heterocycles. The van der Waals surface area contributed by atoms with Crippen LogP contribution in [0, 0.1) is 17.0 Å². The van der Waals surface area contributed by atoms with Gasteiger partial charge in [-0.2, -0.15) is 0 Å². The van der Waals surface area contributed by atoms with E-state index >= 15 is 0 Å². The number of nitrogens with zero attached hydrogens (tertiary/aromatic N) is 2. The zero-order valence-electron chi connectivity index (χ0n) is 14.0. The molecule has 0 aliphatic carbocycles. The molecule has 8 heteroatoms. The Hall–Kier alpha value is -2.87. The van der Waals surface area contributed by atoms with Crippen molar-refractivity contribution >= 4 is 35.0 Å². The lowest BCUT2D eigenvalue weighted by Crippen LogP contribution is -2.44. The molecule has 3 rings (SSSR count). The van der Waals surface area contributed by atoms with E-state index in [4.69, 9.17) is 0 Å². The summed E-state index contributed by atoms with van der Waals surface area (Å²) in [6, 6.07) is 12.5. The Kier molecular flexibility index (Phi) is 5.22.